The van der Waals surface area contributed by atoms with Crippen LogP contribution >= 0.6 is 0 Å². The summed E-state index contributed by atoms with van der Waals surface area (Å²) in [6, 6.07) is -0.658. The minimum absolute atomic E-state index is 0.499. The second-order valence-electron chi connectivity index (χ2n) is 6.50. The number of nitrogens with one attached hydrogen (secondary N) is 1. The summed E-state index contributed by atoms with van der Waals surface area (Å²) >= 11 is 0. The third kappa shape index (κ3) is 4.83. The highest BCUT2D eigenvalue weighted by atomic mass is 16.2. The Kier molecular flexibility index (Phi) is 5.76. The molecule has 1 atom stereocenters. The number of hydrogen-bond acceptors (Lipinski definition) is 3. The van der Waals surface area contributed by atoms with Gasteiger partial charge in [0.05, 0.1) is 6.04 Å². The van der Waals surface area contributed by atoms with Gasteiger partial charge in [0, 0.05) is 13.1 Å². The number of hydrogen-bond donors (Lipinski definition) is 1. The van der Waals surface area contributed by atoms with E-state index in [1.165, 1.54) is 24.2 Å². The SMILES string of the molecule is CC(C(=O)C(=O)NCC1CCCCC1)N(C=O)CC1CC1. The molecule has 1 unspecified atom stereocenters. The number of carbonyl (C=O) groups excluding carboxylic acids is 3. The van der Waals surface area contributed by atoms with E-state index in [2.05, 4.69) is 5.32 Å². The minimum Gasteiger partial charge on any atom is -0.349 e. The Bertz CT molecular complexity index is 387. The first-order valence-corrected chi connectivity index (χ1v) is 8.15. The van der Waals surface area contributed by atoms with Crippen molar-refractivity contribution in [1.82, 2.24) is 10.2 Å². The highest BCUT2D eigenvalue weighted by Crippen LogP contribution is 2.29. The van der Waals surface area contributed by atoms with Crippen LogP contribution < -0.4 is 5.32 Å². The summed E-state index contributed by atoms with van der Waals surface area (Å²) in [5.41, 5.74) is 0. The standard InChI is InChI=1S/C16H26N2O3/c1-12(18(11-19)10-14-7-8-14)15(20)16(21)17-9-13-5-3-2-4-6-13/h11-14H,2-10H2,1H3,(H,17,21). The number of rotatable bonds is 8. The van der Waals surface area contributed by atoms with E-state index in [9.17, 15) is 14.4 Å². The van der Waals surface area contributed by atoms with E-state index >= 15 is 0 Å². The second kappa shape index (κ2) is 7.57. The van der Waals surface area contributed by atoms with Crippen LogP contribution in [0.3, 0.4) is 0 Å². The maximum Gasteiger partial charge on any atom is 0.289 e. The molecule has 2 saturated carbocycles. The molecule has 2 fully saturated rings. The first-order chi connectivity index (χ1) is 10.1. The van der Waals surface area contributed by atoms with Crippen molar-refractivity contribution in [3.05, 3.63) is 0 Å². The van der Waals surface area contributed by atoms with Crippen molar-refractivity contribution in [3.8, 4) is 0 Å². The van der Waals surface area contributed by atoms with Gasteiger partial charge >= 0.3 is 0 Å². The van der Waals surface area contributed by atoms with Crippen molar-refractivity contribution >= 4 is 18.1 Å². The van der Waals surface area contributed by atoms with E-state index in [-0.39, 0.29) is 0 Å². The Morgan fingerprint density at radius 1 is 1.14 bits per heavy atom. The van der Waals surface area contributed by atoms with Crippen LogP contribution in [0.1, 0.15) is 51.9 Å². The highest BCUT2D eigenvalue weighted by molar-refractivity contribution is 6.38. The largest absolute Gasteiger partial charge is 0.349 e. The fraction of sp³-hybridized carbons (Fsp3) is 0.812. The molecule has 118 valence electrons. The van der Waals surface area contributed by atoms with Crippen molar-refractivity contribution in [2.24, 2.45) is 11.8 Å². The van der Waals surface area contributed by atoms with Gasteiger partial charge in [0.15, 0.2) is 0 Å². The van der Waals surface area contributed by atoms with E-state index in [4.69, 9.17) is 0 Å². The van der Waals surface area contributed by atoms with Gasteiger partial charge in [-0.1, -0.05) is 19.3 Å². The Morgan fingerprint density at radius 3 is 2.38 bits per heavy atom. The van der Waals surface area contributed by atoms with Gasteiger partial charge in [-0.2, -0.15) is 0 Å². The predicted molar refractivity (Wildman–Crippen MR) is 79.5 cm³/mol. The highest BCUT2D eigenvalue weighted by Gasteiger charge is 2.31. The van der Waals surface area contributed by atoms with Gasteiger partial charge in [-0.05, 0) is 44.4 Å². The maximum absolute atomic E-state index is 12.1. The summed E-state index contributed by atoms with van der Waals surface area (Å²) in [6.07, 6.45) is 8.87. The summed E-state index contributed by atoms with van der Waals surface area (Å²) in [5, 5.41) is 2.75. The third-order valence-corrected chi connectivity index (χ3v) is 4.68. The molecular formula is C16H26N2O3. The first-order valence-electron chi connectivity index (χ1n) is 8.15. The Morgan fingerprint density at radius 2 is 1.81 bits per heavy atom. The lowest BCUT2D eigenvalue weighted by Crippen LogP contribution is -2.47. The molecule has 0 aromatic carbocycles. The van der Waals surface area contributed by atoms with Crippen LogP contribution in [0.4, 0.5) is 0 Å². The van der Waals surface area contributed by atoms with Crippen molar-refractivity contribution in [2.45, 2.75) is 57.9 Å². The van der Waals surface area contributed by atoms with Crippen LogP contribution in [-0.4, -0.2) is 42.1 Å². The molecule has 21 heavy (non-hydrogen) atoms. The lowest BCUT2D eigenvalue weighted by atomic mass is 9.89. The normalized spacial score (nSPS) is 20.6. The predicted octanol–water partition coefficient (Wildman–Crippen LogP) is 1.51. The number of carbonyl (C=O) groups is 3. The van der Waals surface area contributed by atoms with E-state index in [1.54, 1.807) is 6.92 Å². The number of ketones is 1. The van der Waals surface area contributed by atoms with Crippen LogP contribution in [0.5, 0.6) is 0 Å². The van der Waals surface area contributed by atoms with E-state index < -0.39 is 17.7 Å². The van der Waals surface area contributed by atoms with Gasteiger partial charge in [0.25, 0.3) is 5.91 Å². The van der Waals surface area contributed by atoms with Crippen molar-refractivity contribution < 1.29 is 14.4 Å². The fourth-order valence-electron chi connectivity index (χ4n) is 2.95. The molecule has 2 rings (SSSR count). The molecule has 2 aliphatic carbocycles. The fourth-order valence-corrected chi connectivity index (χ4v) is 2.95. The minimum atomic E-state index is -0.658. The van der Waals surface area contributed by atoms with E-state index in [0.29, 0.717) is 31.3 Å². The van der Waals surface area contributed by atoms with E-state index in [0.717, 1.165) is 25.7 Å². The molecular weight excluding hydrogens is 268 g/mol. The van der Waals surface area contributed by atoms with Gasteiger partial charge in [-0.15, -0.1) is 0 Å². The second-order valence-corrected chi connectivity index (χ2v) is 6.50. The molecule has 0 saturated heterocycles. The maximum atomic E-state index is 12.1. The van der Waals surface area contributed by atoms with Crippen LogP contribution in [0.15, 0.2) is 0 Å². The molecule has 5 heteroatoms. The zero-order valence-corrected chi connectivity index (χ0v) is 12.8. The number of amides is 2. The lowest BCUT2D eigenvalue weighted by molar-refractivity contribution is -0.142. The molecule has 1 N–H and O–H groups in total. The van der Waals surface area contributed by atoms with Crippen molar-refractivity contribution in [3.63, 3.8) is 0 Å². The Hall–Kier alpha value is -1.39. The van der Waals surface area contributed by atoms with Gasteiger partial charge in [-0.3, -0.25) is 14.4 Å². The van der Waals surface area contributed by atoms with Crippen molar-refractivity contribution in [1.29, 1.82) is 0 Å². The number of nitrogens with zero attached hydrogens (tertiary/aromatic N) is 1. The van der Waals surface area contributed by atoms with Crippen molar-refractivity contribution in [2.75, 3.05) is 13.1 Å². The third-order valence-electron chi connectivity index (χ3n) is 4.68. The molecule has 0 bridgehead atoms. The van der Waals surface area contributed by atoms with Crippen LogP contribution in [-0.2, 0) is 14.4 Å². The summed E-state index contributed by atoms with van der Waals surface area (Å²) in [7, 11) is 0. The molecule has 0 spiro atoms. The molecule has 0 heterocycles. The zero-order valence-electron chi connectivity index (χ0n) is 12.8. The molecule has 5 nitrogen and oxygen atoms in total. The van der Waals surface area contributed by atoms with Gasteiger partial charge < -0.3 is 10.2 Å². The summed E-state index contributed by atoms with van der Waals surface area (Å²) in [5.74, 6) is -0.0375. The lowest BCUT2D eigenvalue weighted by Gasteiger charge is -2.24. The average molecular weight is 294 g/mol. The molecule has 2 amide bonds. The Labute approximate surface area is 126 Å². The summed E-state index contributed by atoms with van der Waals surface area (Å²) in [6.45, 7) is 2.81. The van der Waals surface area contributed by atoms with Crippen LogP contribution in [0.2, 0.25) is 0 Å². The quantitative estimate of drug-likeness (QED) is 0.545. The molecule has 0 aromatic heterocycles. The molecule has 2 aliphatic rings. The van der Waals surface area contributed by atoms with Crippen LogP contribution in [0, 0.1) is 11.8 Å². The van der Waals surface area contributed by atoms with Gasteiger partial charge in [0.1, 0.15) is 0 Å². The molecule has 0 aromatic rings. The van der Waals surface area contributed by atoms with E-state index in [1.807, 2.05) is 0 Å². The molecule has 0 radical (unpaired) electrons. The average Bonchev–Trinajstić information content (AvgIpc) is 3.34. The topological polar surface area (TPSA) is 66.5 Å². The Balaban J connectivity index is 1.76. The zero-order chi connectivity index (χ0) is 15.2. The summed E-state index contributed by atoms with van der Waals surface area (Å²) in [4.78, 5) is 36.6. The van der Waals surface area contributed by atoms with Gasteiger partial charge in [0.2, 0.25) is 12.2 Å². The smallest absolute Gasteiger partial charge is 0.289 e. The van der Waals surface area contributed by atoms with Gasteiger partial charge in [-0.25, -0.2) is 0 Å². The molecule has 0 aliphatic heterocycles. The van der Waals surface area contributed by atoms with Crippen LogP contribution in [0.25, 0.3) is 0 Å². The monoisotopic (exact) mass is 294 g/mol. The summed E-state index contributed by atoms with van der Waals surface area (Å²) < 4.78 is 0. The first kappa shape index (κ1) is 16.0. The number of Topliss-reactive ketones (excluding diaryl/α,β-unsaturated/α-hetero) is 1.